The first kappa shape index (κ1) is 16.6. The zero-order chi connectivity index (χ0) is 16.8. The Bertz CT molecular complexity index is 675. The van der Waals surface area contributed by atoms with Crippen LogP contribution in [0.1, 0.15) is 68.9 Å². The Morgan fingerprint density at radius 3 is 2.29 bits per heavy atom. The van der Waals surface area contributed by atoms with Gasteiger partial charge in [0.25, 0.3) is 0 Å². The second-order valence-corrected chi connectivity index (χ2v) is 6.89. The van der Waals surface area contributed by atoms with Crippen LogP contribution in [-0.2, 0) is 0 Å². The third-order valence-electron chi connectivity index (χ3n) is 5.23. The monoisotopic (exact) mass is 319 g/mol. The van der Waals surface area contributed by atoms with Crippen LogP contribution in [0.15, 0.2) is 36.7 Å². The van der Waals surface area contributed by atoms with Gasteiger partial charge in [0, 0.05) is 18.0 Å². The predicted octanol–water partition coefficient (Wildman–Crippen LogP) is 5.48. The van der Waals surface area contributed by atoms with Crippen molar-refractivity contribution in [2.75, 3.05) is 0 Å². The Labute approximate surface area is 144 Å². The molecule has 1 aromatic carbocycles. The van der Waals surface area contributed by atoms with Gasteiger partial charge in [-0.1, -0.05) is 26.2 Å². The minimum Gasteiger partial charge on any atom is -0.236 e. The average molecular weight is 319 g/mol. The Morgan fingerprint density at radius 2 is 1.71 bits per heavy atom. The van der Waals surface area contributed by atoms with E-state index in [1.165, 1.54) is 50.5 Å². The molecule has 0 amide bonds. The molecule has 1 aliphatic carbocycles. The molecule has 1 aliphatic rings. The van der Waals surface area contributed by atoms with Crippen LogP contribution in [0.2, 0.25) is 0 Å². The van der Waals surface area contributed by atoms with Gasteiger partial charge < -0.3 is 0 Å². The molecule has 0 saturated heterocycles. The minimum absolute atomic E-state index is 0.623. The molecule has 1 aromatic heterocycles. The van der Waals surface area contributed by atoms with Gasteiger partial charge in [-0.3, -0.25) is 0 Å². The summed E-state index contributed by atoms with van der Waals surface area (Å²) in [5.74, 6) is 2.29. The third-order valence-corrected chi connectivity index (χ3v) is 5.23. The first-order valence-electron chi connectivity index (χ1n) is 9.12. The molecule has 0 spiro atoms. The van der Waals surface area contributed by atoms with Gasteiger partial charge in [0.15, 0.2) is 5.82 Å². The van der Waals surface area contributed by atoms with Crippen LogP contribution >= 0.6 is 0 Å². The van der Waals surface area contributed by atoms with E-state index in [9.17, 15) is 0 Å². The third kappa shape index (κ3) is 4.00. The fourth-order valence-electron chi connectivity index (χ4n) is 3.67. The molecule has 1 saturated carbocycles. The molecule has 2 aromatic rings. The molecule has 124 valence electrons. The van der Waals surface area contributed by atoms with E-state index < -0.39 is 0 Å². The molecule has 1 fully saturated rings. The normalized spacial score (nSPS) is 20.5. The van der Waals surface area contributed by atoms with E-state index in [-0.39, 0.29) is 0 Å². The summed E-state index contributed by atoms with van der Waals surface area (Å²) in [5.41, 5.74) is 2.90. The number of benzene rings is 1. The van der Waals surface area contributed by atoms with E-state index >= 15 is 0 Å². The molecule has 1 heterocycles. The lowest BCUT2D eigenvalue weighted by molar-refractivity contribution is 0.304. The molecular weight excluding hydrogens is 294 g/mol. The van der Waals surface area contributed by atoms with Crippen molar-refractivity contribution in [3.8, 4) is 17.5 Å². The largest absolute Gasteiger partial charge is 0.236 e. The molecule has 3 heteroatoms. The van der Waals surface area contributed by atoms with Crippen molar-refractivity contribution in [1.29, 1.82) is 5.26 Å². The molecule has 3 nitrogen and oxygen atoms in total. The van der Waals surface area contributed by atoms with Crippen molar-refractivity contribution in [3.05, 3.63) is 47.8 Å². The van der Waals surface area contributed by atoms with Gasteiger partial charge in [0.2, 0.25) is 0 Å². The summed E-state index contributed by atoms with van der Waals surface area (Å²) < 4.78 is 0. The molecule has 0 aliphatic heterocycles. The fourth-order valence-corrected chi connectivity index (χ4v) is 3.67. The number of nitrogens with zero attached hydrogens (tertiary/aromatic N) is 3. The molecule has 0 radical (unpaired) electrons. The van der Waals surface area contributed by atoms with Gasteiger partial charge in [0.1, 0.15) is 0 Å². The standard InChI is InChI=1S/C21H25N3/c1-2-3-4-16-5-9-18(10-6-16)20-14-23-21(24-15-20)19-11-7-17(13-22)8-12-19/h7-8,11-12,14-16,18H,2-6,9-10H2,1H3. The number of hydrogen-bond acceptors (Lipinski definition) is 3. The van der Waals surface area contributed by atoms with Crippen LogP contribution in [0.3, 0.4) is 0 Å². The van der Waals surface area contributed by atoms with E-state index in [1.54, 1.807) is 0 Å². The molecule has 3 rings (SSSR count). The zero-order valence-electron chi connectivity index (χ0n) is 14.4. The van der Waals surface area contributed by atoms with Gasteiger partial charge in [-0.2, -0.15) is 5.26 Å². The van der Waals surface area contributed by atoms with Crippen molar-refractivity contribution < 1.29 is 0 Å². The Balaban J connectivity index is 1.61. The number of rotatable bonds is 5. The maximum atomic E-state index is 8.86. The Kier molecular flexibility index (Phi) is 5.59. The van der Waals surface area contributed by atoms with Gasteiger partial charge in [-0.25, -0.2) is 9.97 Å². The Hall–Kier alpha value is -2.21. The van der Waals surface area contributed by atoms with Crippen LogP contribution < -0.4 is 0 Å². The zero-order valence-corrected chi connectivity index (χ0v) is 14.4. The average Bonchev–Trinajstić information content (AvgIpc) is 2.67. The van der Waals surface area contributed by atoms with Crippen LogP contribution in [0.4, 0.5) is 0 Å². The number of aromatic nitrogens is 2. The van der Waals surface area contributed by atoms with Crippen molar-refractivity contribution in [2.45, 2.75) is 57.8 Å². The van der Waals surface area contributed by atoms with Gasteiger partial charge in [0.05, 0.1) is 11.6 Å². The minimum atomic E-state index is 0.623. The van der Waals surface area contributed by atoms with Crippen LogP contribution in [0.5, 0.6) is 0 Å². The van der Waals surface area contributed by atoms with Gasteiger partial charge in [-0.15, -0.1) is 0 Å². The van der Waals surface area contributed by atoms with Crippen molar-refractivity contribution in [1.82, 2.24) is 9.97 Å². The molecule has 0 unspecified atom stereocenters. The van der Waals surface area contributed by atoms with Gasteiger partial charge >= 0.3 is 0 Å². The van der Waals surface area contributed by atoms with Crippen LogP contribution in [-0.4, -0.2) is 9.97 Å². The molecule has 0 bridgehead atoms. The lowest BCUT2D eigenvalue weighted by atomic mass is 9.78. The summed E-state index contributed by atoms with van der Waals surface area (Å²) in [6.07, 6.45) is 13.3. The van der Waals surface area contributed by atoms with Gasteiger partial charge in [-0.05, 0) is 67.3 Å². The molecular formula is C21H25N3. The van der Waals surface area contributed by atoms with E-state index in [1.807, 2.05) is 36.7 Å². The second-order valence-electron chi connectivity index (χ2n) is 6.89. The molecule has 0 atom stereocenters. The lowest BCUT2D eigenvalue weighted by Gasteiger charge is -2.28. The highest BCUT2D eigenvalue weighted by molar-refractivity contribution is 5.56. The number of nitriles is 1. The van der Waals surface area contributed by atoms with Crippen molar-refractivity contribution in [3.63, 3.8) is 0 Å². The van der Waals surface area contributed by atoms with Crippen LogP contribution in [0, 0.1) is 17.2 Å². The number of hydrogen-bond donors (Lipinski definition) is 0. The Morgan fingerprint density at radius 1 is 1.04 bits per heavy atom. The summed E-state index contributed by atoms with van der Waals surface area (Å²) in [6, 6.07) is 9.57. The smallest absolute Gasteiger partial charge is 0.159 e. The summed E-state index contributed by atoms with van der Waals surface area (Å²) in [7, 11) is 0. The predicted molar refractivity (Wildman–Crippen MR) is 96.4 cm³/mol. The quantitative estimate of drug-likeness (QED) is 0.733. The molecule has 24 heavy (non-hydrogen) atoms. The van der Waals surface area contributed by atoms with E-state index in [2.05, 4.69) is 23.0 Å². The van der Waals surface area contributed by atoms with E-state index in [0.717, 1.165) is 17.3 Å². The summed E-state index contributed by atoms with van der Waals surface area (Å²) in [4.78, 5) is 9.11. The van der Waals surface area contributed by atoms with E-state index in [0.29, 0.717) is 11.5 Å². The van der Waals surface area contributed by atoms with Crippen molar-refractivity contribution in [2.24, 2.45) is 5.92 Å². The summed E-state index contributed by atoms with van der Waals surface area (Å²) in [5, 5.41) is 8.86. The fraction of sp³-hybridized carbons (Fsp3) is 0.476. The summed E-state index contributed by atoms with van der Waals surface area (Å²) >= 11 is 0. The van der Waals surface area contributed by atoms with Crippen LogP contribution in [0.25, 0.3) is 11.4 Å². The summed E-state index contributed by atoms with van der Waals surface area (Å²) in [6.45, 7) is 2.28. The SMILES string of the molecule is CCCCC1CCC(c2cnc(-c3ccc(C#N)cc3)nc2)CC1. The maximum absolute atomic E-state index is 8.86. The first-order chi connectivity index (χ1) is 11.8. The topological polar surface area (TPSA) is 49.6 Å². The van der Waals surface area contributed by atoms with E-state index in [4.69, 9.17) is 5.26 Å². The number of unbranched alkanes of at least 4 members (excludes halogenated alkanes) is 1. The highest BCUT2D eigenvalue weighted by Crippen LogP contribution is 2.37. The highest BCUT2D eigenvalue weighted by Gasteiger charge is 2.22. The maximum Gasteiger partial charge on any atom is 0.159 e. The second kappa shape index (κ2) is 8.06. The van der Waals surface area contributed by atoms with Crippen molar-refractivity contribution >= 4 is 0 Å². The molecule has 0 N–H and O–H groups in total. The lowest BCUT2D eigenvalue weighted by Crippen LogP contribution is -2.13. The highest BCUT2D eigenvalue weighted by atomic mass is 14.9. The first-order valence-corrected chi connectivity index (χ1v) is 9.12.